The van der Waals surface area contributed by atoms with Gasteiger partial charge >= 0.3 is 6.18 Å². The third kappa shape index (κ3) is 6.67. The SMILES string of the molecule is CC/C=C(/C)C(CCCOc1cccc(C(F)(F)F)c1)C(C)C. The maximum Gasteiger partial charge on any atom is 0.416 e. The highest BCUT2D eigenvalue weighted by Crippen LogP contribution is 2.31. The second-order valence-corrected chi connectivity index (χ2v) is 6.22. The third-order valence-corrected chi connectivity index (χ3v) is 4.01. The summed E-state index contributed by atoms with van der Waals surface area (Å²) in [6, 6.07) is 5.06. The van der Waals surface area contributed by atoms with E-state index in [1.54, 1.807) is 6.07 Å². The van der Waals surface area contributed by atoms with E-state index >= 15 is 0 Å². The Morgan fingerprint density at radius 1 is 1.26 bits per heavy atom. The number of hydrogen-bond acceptors (Lipinski definition) is 1. The van der Waals surface area contributed by atoms with E-state index in [-0.39, 0.29) is 5.75 Å². The zero-order chi connectivity index (χ0) is 17.5. The van der Waals surface area contributed by atoms with E-state index < -0.39 is 11.7 Å². The number of hydrogen-bond donors (Lipinski definition) is 0. The van der Waals surface area contributed by atoms with E-state index in [0.29, 0.717) is 18.4 Å². The zero-order valence-electron chi connectivity index (χ0n) is 14.4. The van der Waals surface area contributed by atoms with E-state index in [1.165, 1.54) is 11.6 Å². The molecule has 0 aliphatic heterocycles. The molecule has 4 heteroatoms. The minimum Gasteiger partial charge on any atom is -0.494 e. The number of benzene rings is 1. The van der Waals surface area contributed by atoms with Crippen LogP contribution in [-0.2, 0) is 6.18 Å². The molecule has 1 aromatic rings. The second-order valence-electron chi connectivity index (χ2n) is 6.22. The van der Waals surface area contributed by atoms with Crippen molar-refractivity contribution in [2.24, 2.45) is 11.8 Å². The van der Waals surface area contributed by atoms with Crippen LogP contribution in [0.2, 0.25) is 0 Å². The topological polar surface area (TPSA) is 9.23 Å². The van der Waals surface area contributed by atoms with Crippen LogP contribution < -0.4 is 4.74 Å². The predicted octanol–water partition coefficient (Wildman–Crippen LogP) is 6.49. The first-order valence-electron chi connectivity index (χ1n) is 8.22. The highest BCUT2D eigenvalue weighted by molar-refractivity contribution is 5.30. The number of halogens is 3. The van der Waals surface area contributed by atoms with Crippen molar-refractivity contribution < 1.29 is 17.9 Å². The highest BCUT2D eigenvalue weighted by atomic mass is 19.4. The van der Waals surface area contributed by atoms with Crippen molar-refractivity contribution in [3.05, 3.63) is 41.5 Å². The Bertz CT molecular complexity index is 504. The molecule has 0 aliphatic rings. The van der Waals surface area contributed by atoms with Crippen molar-refractivity contribution in [1.82, 2.24) is 0 Å². The molecule has 1 unspecified atom stereocenters. The van der Waals surface area contributed by atoms with E-state index in [0.717, 1.165) is 31.4 Å². The number of allylic oxidation sites excluding steroid dienone is 2. The molecular formula is C19H27F3O. The Hall–Kier alpha value is -1.45. The summed E-state index contributed by atoms with van der Waals surface area (Å²) in [7, 11) is 0. The van der Waals surface area contributed by atoms with Crippen LogP contribution >= 0.6 is 0 Å². The Labute approximate surface area is 137 Å². The van der Waals surface area contributed by atoms with Gasteiger partial charge in [0.05, 0.1) is 12.2 Å². The summed E-state index contributed by atoms with van der Waals surface area (Å²) in [4.78, 5) is 0. The van der Waals surface area contributed by atoms with Crippen molar-refractivity contribution in [3.63, 3.8) is 0 Å². The van der Waals surface area contributed by atoms with Gasteiger partial charge in [0.2, 0.25) is 0 Å². The Morgan fingerprint density at radius 3 is 2.52 bits per heavy atom. The summed E-state index contributed by atoms with van der Waals surface area (Å²) in [5.74, 6) is 1.33. The Morgan fingerprint density at radius 2 is 1.96 bits per heavy atom. The van der Waals surface area contributed by atoms with Crippen molar-refractivity contribution in [2.45, 2.75) is 53.1 Å². The summed E-state index contributed by atoms with van der Waals surface area (Å²) in [5.41, 5.74) is 0.721. The van der Waals surface area contributed by atoms with Crippen LogP contribution in [-0.4, -0.2) is 6.61 Å². The molecule has 130 valence electrons. The molecule has 23 heavy (non-hydrogen) atoms. The van der Waals surface area contributed by atoms with Gasteiger partial charge in [-0.2, -0.15) is 13.2 Å². The van der Waals surface area contributed by atoms with Gasteiger partial charge in [-0.05, 0) is 56.2 Å². The fourth-order valence-corrected chi connectivity index (χ4v) is 2.82. The van der Waals surface area contributed by atoms with Crippen molar-refractivity contribution in [1.29, 1.82) is 0 Å². The molecule has 0 amide bonds. The summed E-state index contributed by atoms with van der Waals surface area (Å²) >= 11 is 0. The van der Waals surface area contributed by atoms with E-state index in [2.05, 4.69) is 33.8 Å². The lowest BCUT2D eigenvalue weighted by atomic mass is 9.85. The molecule has 0 heterocycles. The zero-order valence-corrected chi connectivity index (χ0v) is 14.4. The highest BCUT2D eigenvalue weighted by Gasteiger charge is 2.30. The van der Waals surface area contributed by atoms with Crippen LogP contribution in [0.5, 0.6) is 5.75 Å². The van der Waals surface area contributed by atoms with Crippen molar-refractivity contribution in [2.75, 3.05) is 6.61 Å². The molecule has 0 radical (unpaired) electrons. The molecule has 1 aromatic carbocycles. The van der Waals surface area contributed by atoms with Crippen LogP contribution in [0.3, 0.4) is 0 Å². The van der Waals surface area contributed by atoms with Crippen molar-refractivity contribution >= 4 is 0 Å². The average Bonchev–Trinajstić information content (AvgIpc) is 2.46. The second kappa shape index (κ2) is 8.99. The molecule has 0 aromatic heterocycles. The molecule has 0 spiro atoms. The Kier molecular flexibility index (Phi) is 7.66. The number of ether oxygens (including phenoxy) is 1. The van der Waals surface area contributed by atoms with Gasteiger partial charge in [0, 0.05) is 0 Å². The fraction of sp³-hybridized carbons (Fsp3) is 0.579. The van der Waals surface area contributed by atoms with Gasteiger partial charge in [-0.3, -0.25) is 0 Å². The monoisotopic (exact) mass is 328 g/mol. The van der Waals surface area contributed by atoms with E-state index in [9.17, 15) is 13.2 Å². The molecule has 0 N–H and O–H groups in total. The average molecular weight is 328 g/mol. The summed E-state index contributed by atoms with van der Waals surface area (Å²) in [5, 5.41) is 0. The molecule has 0 bridgehead atoms. The molecule has 1 rings (SSSR count). The molecule has 1 nitrogen and oxygen atoms in total. The maximum atomic E-state index is 12.7. The lowest BCUT2D eigenvalue weighted by Crippen LogP contribution is -2.12. The van der Waals surface area contributed by atoms with Crippen LogP contribution in [0.4, 0.5) is 13.2 Å². The first-order valence-corrected chi connectivity index (χ1v) is 8.22. The third-order valence-electron chi connectivity index (χ3n) is 4.01. The van der Waals surface area contributed by atoms with Gasteiger partial charge in [0.25, 0.3) is 0 Å². The van der Waals surface area contributed by atoms with Gasteiger partial charge < -0.3 is 4.74 Å². The standard InChI is InChI=1S/C19H27F3O/c1-5-8-15(4)18(14(2)3)11-7-12-23-17-10-6-9-16(13-17)19(20,21)22/h6,8-10,13-14,18H,5,7,11-12H2,1-4H3/b15-8-. The van der Waals surface area contributed by atoms with Crippen LogP contribution in [0.25, 0.3) is 0 Å². The van der Waals surface area contributed by atoms with Gasteiger partial charge in [-0.1, -0.05) is 38.5 Å². The first-order chi connectivity index (χ1) is 10.8. The van der Waals surface area contributed by atoms with Crippen molar-refractivity contribution in [3.8, 4) is 5.75 Å². The number of alkyl halides is 3. The van der Waals surface area contributed by atoms with Gasteiger partial charge in [0.1, 0.15) is 5.75 Å². The molecule has 0 fully saturated rings. The minimum absolute atomic E-state index is 0.279. The molecular weight excluding hydrogens is 301 g/mol. The van der Waals surface area contributed by atoms with E-state index in [1.807, 2.05) is 0 Å². The van der Waals surface area contributed by atoms with Gasteiger partial charge in [-0.15, -0.1) is 0 Å². The molecule has 0 saturated carbocycles. The summed E-state index contributed by atoms with van der Waals surface area (Å²) in [6.45, 7) is 9.11. The normalized spacial score (nSPS) is 14.2. The smallest absolute Gasteiger partial charge is 0.416 e. The van der Waals surface area contributed by atoms with Gasteiger partial charge in [0.15, 0.2) is 0 Å². The largest absolute Gasteiger partial charge is 0.494 e. The van der Waals surface area contributed by atoms with Crippen LogP contribution in [0.15, 0.2) is 35.9 Å². The quantitative estimate of drug-likeness (QED) is 0.391. The molecule has 1 atom stereocenters. The maximum absolute atomic E-state index is 12.7. The lowest BCUT2D eigenvalue weighted by Gasteiger charge is -2.22. The summed E-state index contributed by atoms with van der Waals surface area (Å²) < 4.78 is 43.4. The molecule has 0 saturated heterocycles. The number of rotatable bonds is 8. The fourth-order valence-electron chi connectivity index (χ4n) is 2.82. The lowest BCUT2D eigenvalue weighted by molar-refractivity contribution is -0.137. The summed E-state index contributed by atoms with van der Waals surface area (Å²) in [6.07, 6.45) is 0.755. The van der Waals surface area contributed by atoms with Crippen LogP contribution in [0, 0.1) is 11.8 Å². The molecule has 0 aliphatic carbocycles. The van der Waals surface area contributed by atoms with Crippen LogP contribution in [0.1, 0.15) is 52.5 Å². The minimum atomic E-state index is -4.33. The van der Waals surface area contributed by atoms with E-state index in [4.69, 9.17) is 4.74 Å². The predicted molar refractivity (Wildman–Crippen MR) is 88.5 cm³/mol. The first kappa shape index (κ1) is 19.6. The van der Waals surface area contributed by atoms with Gasteiger partial charge in [-0.25, -0.2) is 0 Å². The Balaban J connectivity index is 2.52.